The van der Waals surface area contributed by atoms with Crippen molar-refractivity contribution in [3.05, 3.63) is 108 Å². The standard InChI is InChI=1S/C26H23FN5.CH4O.Y/c27-22-9-4-10-23(13-22)30-25-14-24(19-8-5-11-28-15-19)31-26(32-25)21-12-20(16-29-17-21)18-6-2-1-3-7-18;1-2;/h1-11,13-15,20-21H,12,16-17H2,(H,30,31,32);2H,1H3;/q-1;;. The van der Waals surface area contributed by atoms with Crippen LogP contribution in [0.1, 0.15) is 29.6 Å². The molecule has 0 saturated carbocycles. The van der Waals surface area contributed by atoms with E-state index in [1.54, 1.807) is 18.5 Å². The molecule has 0 aliphatic carbocycles. The molecule has 8 heteroatoms. The topological polar surface area (TPSA) is 85.0 Å². The Kier molecular flexibility index (Phi) is 10.4. The van der Waals surface area contributed by atoms with Crippen molar-refractivity contribution in [1.29, 1.82) is 0 Å². The minimum absolute atomic E-state index is 0. The average molecular weight is 545 g/mol. The van der Waals surface area contributed by atoms with Gasteiger partial charge in [0, 0.05) is 75.4 Å². The van der Waals surface area contributed by atoms with E-state index in [1.165, 1.54) is 17.7 Å². The smallest absolute Gasteiger partial charge is 0.134 e. The SMILES string of the molecule is CO.Fc1cccc(Nc2cc(-c3cccnc3)nc(C3C[N-]CC(c4ccccc4)C3)n2)c1.[Y]. The summed E-state index contributed by atoms with van der Waals surface area (Å²) in [4.78, 5) is 13.9. The van der Waals surface area contributed by atoms with Crippen molar-refractivity contribution in [3.8, 4) is 11.3 Å². The van der Waals surface area contributed by atoms with Crippen LogP contribution in [0.3, 0.4) is 0 Å². The van der Waals surface area contributed by atoms with Crippen molar-refractivity contribution in [2.75, 3.05) is 25.5 Å². The Morgan fingerprint density at radius 1 is 0.914 bits per heavy atom. The van der Waals surface area contributed by atoms with E-state index in [1.807, 2.05) is 30.3 Å². The van der Waals surface area contributed by atoms with Crippen molar-refractivity contribution in [1.82, 2.24) is 15.0 Å². The predicted octanol–water partition coefficient (Wildman–Crippen LogP) is 5.67. The molecular weight excluding hydrogens is 518 g/mol. The number of aliphatic hydroxyl groups is 1. The molecular formula is C27H27FN5OY-. The van der Waals surface area contributed by atoms with Gasteiger partial charge in [-0.2, -0.15) is 0 Å². The molecule has 1 aliphatic heterocycles. The maximum Gasteiger partial charge on any atom is 0.134 e. The molecule has 2 aromatic carbocycles. The Morgan fingerprint density at radius 2 is 1.71 bits per heavy atom. The third-order valence-corrected chi connectivity index (χ3v) is 5.70. The summed E-state index contributed by atoms with van der Waals surface area (Å²) >= 11 is 0. The number of piperidine rings is 1. The molecule has 3 heterocycles. The van der Waals surface area contributed by atoms with Crippen LogP contribution < -0.4 is 5.32 Å². The first-order valence-corrected chi connectivity index (χ1v) is 11.2. The van der Waals surface area contributed by atoms with Gasteiger partial charge in [0.2, 0.25) is 0 Å². The molecule has 2 N–H and O–H groups in total. The quantitative estimate of drug-likeness (QED) is 0.338. The largest absolute Gasteiger partial charge is 0.661 e. The van der Waals surface area contributed by atoms with Crippen LogP contribution in [-0.4, -0.2) is 40.3 Å². The predicted molar refractivity (Wildman–Crippen MR) is 133 cm³/mol. The number of halogens is 1. The van der Waals surface area contributed by atoms with Gasteiger partial charge in [0.15, 0.2) is 0 Å². The van der Waals surface area contributed by atoms with E-state index in [2.05, 4.69) is 34.6 Å². The molecule has 177 valence electrons. The third-order valence-electron chi connectivity index (χ3n) is 5.70. The fraction of sp³-hybridized carbons (Fsp3) is 0.222. The first-order chi connectivity index (χ1) is 16.7. The molecule has 1 fully saturated rings. The zero-order valence-corrected chi connectivity index (χ0v) is 22.4. The third kappa shape index (κ3) is 7.21. The second-order valence-electron chi connectivity index (χ2n) is 8.00. The van der Waals surface area contributed by atoms with E-state index in [4.69, 9.17) is 20.4 Å². The number of anilines is 2. The van der Waals surface area contributed by atoms with Gasteiger partial charge < -0.3 is 15.7 Å². The molecule has 1 saturated heterocycles. The number of nitrogens with zero attached hydrogens (tertiary/aromatic N) is 4. The van der Waals surface area contributed by atoms with Gasteiger partial charge in [0.05, 0.1) is 5.69 Å². The number of nitrogens with one attached hydrogen (secondary N) is 1. The first kappa shape index (κ1) is 27.0. The number of benzene rings is 2. The van der Waals surface area contributed by atoms with Crippen molar-refractivity contribution in [2.45, 2.75) is 18.3 Å². The molecule has 35 heavy (non-hydrogen) atoms. The van der Waals surface area contributed by atoms with Crippen LogP contribution in [0.15, 0.2) is 85.2 Å². The van der Waals surface area contributed by atoms with Crippen molar-refractivity contribution in [3.63, 3.8) is 0 Å². The van der Waals surface area contributed by atoms with Crippen LogP contribution in [0.5, 0.6) is 0 Å². The van der Waals surface area contributed by atoms with Crippen molar-refractivity contribution < 1.29 is 42.2 Å². The maximum atomic E-state index is 13.7. The molecule has 6 nitrogen and oxygen atoms in total. The Balaban J connectivity index is 0.00000111. The molecule has 0 bridgehead atoms. The summed E-state index contributed by atoms with van der Waals surface area (Å²) in [5, 5.41) is 15.0. The fourth-order valence-corrected chi connectivity index (χ4v) is 4.12. The Labute approximate surface area is 230 Å². The number of hydrogen-bond donors (Lipinski definition) is 2. The minimum Gasteiger partial charge on any atom is -0.661 e. The number of rotatable bonds is 5. The molecule has 2 unspecified atom stereocenters. The van der Waals surface area contributed by atoms with E-state index >= 15 is 0 Å². The molecule has 4 aromatic rings. The summed E-state index contributed by atoms with van der Waals surface area (Å²) in [5.41, 5.74) is 3.62. The van der Waals surface area contributed by atoms with Gasteiger partial charge in [-0.05, 0) is 48.2 Å². The molecule has 0 amide bonds. The van der Waals surface area contributed by atoms with E-state index in [9.17, 15) is 4.39 Å². The summed E-state index contributed by atoms with van der Waals surface area (Å²) in [6.07, 6.45) is 4.46. The number of aromatic nitrogens is 3. The fourth-order valence-electron chi connectivity index (χ4n) is 4.12. The van der Waals surface area contributed by atoms with Crippen LogP contribution in [0.25, 0.3) is 16.6 Å². The van der Waals surface area contributed by atoms with Crippen LogP contribution in [0.2, 0.25) is 0 Å². The van der Waals surface area contributed by atoms with Gasteiger partial charge >= 0.3 is 0 Å². The van der Waals surface area contributed by atoms with Crippen molar-refractivity contribution in [2.24, 2.45) is 0 Å². The molecule has 1 aliphatic rings. The normalized spacial score (nSPS) is 16.9. The summed E-state index contributed by atoms with van der Waals surface area (Å²) in [5.74, 6) is 1.53. The van der Waals surface area contributed by atoms with Gasteiger partial charge in [0.1, 0.15) is 17.5 Å². The van der Waals surface area contributed by atoms with Gasteiger partial charge in [-0.25, -0.2) is 14.4 Å². The monoisotopic (exact) mass is 545 g/mol. The van der Waals surface area contributed by atoms with Crippen LogP contribution in [0.4, 0.5) is 15.9 Å². The van der Waals surface area contributed by atoms with E-state index in [-0.39, 0.29) is 44.4 Å². The zero-order chi connectivity index (χ0) is 23.8. The Morgan fingerprint density at radius 3 is 2.46 bits per heavy atom. The van der Waals surface area contributed by atoms with E-state index < -0.39 is 0 Å². The number of hydrogen-bond acceptors (Lipinski definition) is 5. The summed E-state index contributed by atoms with van der Waals surface area (Å²) in [6, 6.07) is 22.6. The average Bonchev–Trinajstić information content (AvgIpc) is 2.91. The summed E-state index contributed by atoms with van der Waals surface area (Å²) < 4.78 is 13.7. The van der Waals surface area contributed by atoms with Crippen LogP contribution >= 0.6 is 0 Å². The van der Waals surface area contributed by atoms with E-state index in [0.717, 1.165) is 37.2 Å². The van der Waals surface area contributed by atoms with E-state index in [0.29, 0.717) is 24.0 Å². The Bertz CT molecular complexity index is 1200. The van der Waals surface area contributed by atoms with Gasteiger partial charge in [0.25, 0.3) is 0 Å². The van der Waals surface area contributed by atoms with Crippen molar-refractivity contribution >= 4 is 11.5 Å². The number of aliphatic hydroxyl groups excluding tert-OH is 1. The zero-order valence-electron chi connectivity index (χ0n) is 19.6. The molecule has 0 spiro atoms. The molecule has 2 aromatic heterocycles. The first-order valence-electron chi connectivity index (χ1n) is 11.2. The van der Waals surface area contributed by atoms with Gasteiger partial charge in [-0.15, -0.1) is 13.1 Å². The molecule has 1 radical (unpaired) electrons. The molecule has 5 rings (SSSR count). The summed E-state index contributed by atoms with van der Waals surface area (Å²) in [7, 11) is 1.00. The second-order valence-corrected chi connectivity index (χ2v) is 8.00. The minimum atomic E-state index is -0.298. The number of pyridine rings is 1. The summed E-state index contributed by atoms with van der Waals surface area (Å²) in [6.45, 7) is 1.51. The van der Waals surface area contributed by atoms with Crippen LogP contribution in [-0.2, 0) is 32.7 Å². The van der Waals surface area contributed by atoms with Gasteiger partial charge in [-0.3, -0.25) is 4.98 Å². The second kappa shape index (κ2) is 13.5. The van der Waals surface area contributed by atoms with Crippen LogP contribution in [0, 0.1) is 5.82 Å². The Hall–Kier alpha value is -2.58. The molecule has 2 atom stereocenters. The maximum absolute atomic E-state index is 13.7. The van der Waals surface area contributed by atoms with Gasteiger partial charge in [-0.1, -0.05) is 36.4 Å².